The third-order valence-electron chi connectivity index (χ3n) is 3.98. The van der Waals surface area contributed by atoms with Crippen molar-refractivity contribution in [2.45, 2.75) is 45.6 Å². The van der Waals surface area contributed by atoms with Gasteiger partial charge in [-0.1, -0.05) is 19.3 Å². The van der Waals surface area contributed by atoms with Gasteiger partial charge in [0.1, 0.15) is 0 Å². The number of fused-ring (bicyclic) bond motifs is 1. The number of aromatic nitrogens is 3. The molecule has 2 aromatic rings. The molecular weight excluding hydrogens is 236 g/mol. The summed E-state index contributed by atoms with van der Waals surface area (Å²) in [6.45, 7) is 4.02. The highest BCUT2D eigenvalue weighted by atomic mass is 15.2. The van der Waals surface area contributed by atoms with Crippen LogP contribution in [0.25, 0.3) is 5.65 Å². The average Bonchev–Trinajstić information content (AvgIpc) is 2.79. The van der Waals surface area contributed by atoms with E-state index >= 15 is 0 Å². The molecule has 0 atom stereocenters. The minimum Gasteiger partial charge on any atom is -0.312 e. The molecular formula is C15H22N4. The second-order valence-electron chi connectivity index (χ2n) is 5.69. The molecule has 1 N–H and O–H groups in total. The van der Waals surface area contributed by atoms with Gasteiger partial charge in [-0.25, -0.2) is 9.50 Å². The lowest BCUT2D eigenvalue weighted by molar-refractivity contribution is 0.342. The van der Waals surface area contributed by atoms with Gasteiger partial charge in [0, 0.05) is 30.6 Å². The fourth-order valence-electron chi connectivity index (χ4n) is 2.94. The summed E-state index contributed by atoms with van der Waals surface area (Å²) in [7, 11) is 0. The zero-order chi connectivity index (χ0) is 13.1. The summed E-state index contributed by atoms with van der Waals surface area (Å²) in [5.74, 6) is 0.873. The van der Waals surface area contributed by atoms with Crippen LogP contribution in [0.5, 0.6) is 0 Å². The molecule has 19 heavy (non-hydrogen) atoms. The minimum atomic E-state index is 0.873. The van der Waals surface area contributed by atoms with E-state index in [9.17, 15) is 0 Å². The summed E-state index contributed by atoms with van der Waals surface area (Å²) in [6.07, 6.45) is 11.0. The second-order valence-corrected chi connectivity index (χ2v) is 5.69. The first-order chi connectivity index (χ1) is 9.31. The highest BCUT2D eigenvalue weighted by molar-refractivity contribution is 5.38. The Hall–Kier alpha value is -1.42. The van der Waals surface area contributed by atoms with Crippen LogP contribution >= 0.6 is 0 Å². The lowest BCUT2D eigenvalue weighted by Crippen LogP contribution is -2.24. The zero-order valence-corrected chi connectivity index (χ0v) is 11.6. The highest BCUT2D eigenvalue weighted by Gasteiger charge is 2.12. The number of hydrogen-bond acceptors (Lipinski definition) is 3. The fourth-order valence-corrected chi connectivity index (χ4v) is 2.94. The van der Waals surface area contributed by atoms with Gasteiger partial charge in [-0.15, -0.1) is 0 Å². The Kier molecular flexibility index (Phi) is 3.78. The van der Waals surface area contributed by atoms with Crippen molar-refractivity contribution in [1.82, 2.24) is 19.9 Å². The van der Waals surface area contributed by atoms with E-state index in [1.54, 1.807) is 0 Å². The van der Waals surface area contributed by atoms with E-state index in [0.717, 1.165) is 30.3 Å². The van der Waals surface area contributed by atoms with Crippen molar-refractivity contribution < 1.29 is 0 Å². The SMILES string of the molecule is Cc1cc2ncc(CNCC3CCCCC3)cn2n1. The highest BCUT2D eigenvalue weighted by Crippen LogP contribution is 2.22. The molecule has 1 aliphatic carbocycles. The van der Waals surface area contributed by atoms with Crippen LogP contribution in [0, 0.1) is 12.8 Å². The molecule has 0 aromatic carbocycles. The lowest BCUT2D eigenvalue weighted by atomic mass is 9.89. The summed E-state index contributed by atoms with van der Waals surface area (Å²) in [4.78, 5) is 4.43. The number of nitrogens with zero attached hydrogens (tertiary/aromatic N) is 3. The second kappa shape index (κ2) is 5.70. The number of rotatable bonds is 4. The van der Waals surface area contributed by atoms with Crippen molar-refractivity contribution >= 4 is 5.65 Å². The Bertz CT molecular complexity index is 540. The summed E-state index contributed by atoms with van der Waals surface area (Å²) < 4.78 is 1.87. The van der Waals surface area contributed by atoms with E-state index in [-0.39, 0.29) is 0 Å². The van der Waals surface area contributed by atoms with Crippen LogP contribution in [0.4, 0.5) is 0 Å². The van der Waals surface area contributed by atoms with Gasteiger partial charge in [0.15, 0.2) is 5.65 Å². The fraction of sp³-hybridized carbons (Fsp3) is 0.600. The van der Waals surface area contributed by atoms with Crippen molar-refractivity contribution in [3.8, 4) is 0 Å². The summed E-state index contributed by atoms with van der Waals surface area (Å²) in [6, 6.07) is 2.00. The smallest absolute Gasteiger partial charge is 0.155 e. The first kappa shape index (κ1) is 12.6. The molecule has 2 heterocycles. The van der Waals surface area contributed by atoms with Gasteiger partial charge >= 0.3 is 0 Å². The molecule has 0 spiro atoms. The molecule has 102 valence electrons. The van der Waals surface area contributed by atoms with Crippen LogP contribution in [-0.2, 0) is 6.54 Å². The molecule has 0 radical (unpaired) electrons. The van der Waals surface area contributed by atoms with E-state index < -0.39 is 0 Å². The summed E-state index contributed by atoms with van der Waals surface area (Å²) >= 11 is 0. The van der Waals surface area contributed by atoms with E-state index in [1.165, 1.54) is 37.7 Å². The predicted octanol–water partition coefficient (Wildman–Crippen LogP) is 2.71. The van der Waals surface area contributed by atoms with Gasteiger partial charge in [-0.2, -0.15) is 5.10 Å². The Morgan fingerprint density at radius 2 is 2.16 bits per heavy atom. The monoisotopic (exact) mass is 258 g/mol. The number of aryl methyl sites for hydroxylation is 1. The van der Waals surface area contributed by atoms with E-state index in [4.69, 9.17) is 0 Å². The van der Waals surface area contributed by atoms with Gasteiger partial charge in [0.25, 0.3) is 0 Å². The summed E-state index contributed by atoms with van der Waals surface area (Å²) in [5, 5.41) is 7.96. The maximum absolute atomic E-state index is 4.43. The van der Waals surface area contributed by atoms with Gasteiger partial charge < -0.3 is 5.32 Å². The zero-order valence-electron chi connectivity index (χ0n) is 11.6. The van der Waals surface area contributed by atoms with Crippen LogP contribution < -0.4 is 5.32 Å². The van der Waals surface area contributed by atoms with Crippen LogP contribution in [0.2, 0.25) is 0 Å². The molecule has 0 saturated heterocycles. The summed E-state index contributed by atoms with van der Waals surface area (Å²) in [5.41, 5.74) is 3.14. The Morgan fingerprint density at radius 3 is 3.00 bits per heavy atom. The van der Waals surface area contributed by atoms with Crippen LogP contribution in [0.3, 0.4) is 0 Å². The van der Waals surface area contributed by atoms with Crippen molar-refractivity contribution in [1.29, 1.82) is 0 Å². The quantitative estimate of drug-likeness (QED) is 0.917. The van der Waals surface area contributed by atoms with Crippen LogP contribution in [0.15, 0.2) is 18.5 Å². The number of nitrogens with one attached hydrogen (secondary N) is 1. The Morgan fingerprint density at radius 1 is 1.32 bits per heavy atom. The van der Waals surface area contributed by atoms with Gasteiger partial charge in [0.05, 0.1) is 5.69 Å². The standard InChI is InChI=1S/C15H22N4/c1-12-7-15-17-10-14(11-19(15)18-12)9-16-8-13-5-3-2-4-6-13/h7,10-11,13,16H,2-6,8-9H2,1H3. The normalized spacial score (nSPS) is 17.1. The van der Waals surface area contributed by atoms with Crippen LogP contribution in [-0.4, -0.2) is 21.1 Å². The molecule has 0 aliphatic heterocycles. The van der Waals surface area contributed by atoms with E-state index in [2.05, 4.69) is 21.6 Å². The molecule has 4 nitrogen and oxygen atoms in total. The lowest BCUT2D eigenvalue weighted by Gasteiger charge is -2.21. The molecule has 1 aliphatic rings. The van der Waals surface area contributed by atoms with Gasteiger partial charge in [-0.05, 0) is 32.2 Å². The average molecular weight is 258 g/mol. The maximum Gasteiger partial charge on any atom is 0.155 e. The molecule has 1 saturated carbocycles. The van der Waals surface area contributed by atoms with Crippen molar-refractivity contribution in [2.24, 2.45) is 5.92 Å². The van der Waals surface area contributed by atoms with E-state index in [1.807, 2.05) is 23.7 Å². The minimum absolute atomic E-state index is 0.873. The first-order valence-electron chi connectivity index (χ1n) is 7.33. The largest absolute Gasteiger partial charge is 0.312 e. The third-order valence-corrected chi connectivity index (χ3v) is 3.98. The van der Waals surface area contributed by atoms with Crippen molar-refractivity contribution in [3.63, 3.8) is 0 Å². The van der Waals surface area contributed by atoms with Crippen molar-refractivity contribution in [2.75, 3.05) is 6.54 Å². The molecule has 1 fully saturated rings. The topological polar surface area (TPSA) is 42.2 Å². The van der Waals surface area contributed by atoms with E-state index in [0.29, 0.717) is 0 Å². The molecule has 0 amide bonds. The maximum atomic E-state index is 4.43. The third kappa shape index (κ3) is 3.13. The Balaban J connectivity index is 1.55. The molecule has 0 unspecified atom stereocenters. The molecule has 3 rings (SSSR count). The van der Waals surface area contributed by atoms with Gasteiger partial charge in [-0.3, -0.25) is 0 Å². The first-order valence-corrected chi connectivity index (χ1v) is 7.33. The molecule has 0 bridgehead atoms. The Labute approximate surface area is 114 Å². The number of hydrogen-bond donors (Lipinski definition) is 1. The predicted molar refractivity (Wildman–Crippen MR) is 76.0 cm³/mol. The van der Waals surface area contributed by atoms with Crippen LogP contribution in [0.1, 0.15) is 43.4 Å². The van der Waals surface area contributed by atoms with Gasteiger partial charge in [0.2, 0.25) is 0 Å². The van der Waals surface area contributed by atoms with Crippen molar-refractivity contribution in [3.05, 3.63) is 29.7 Å². The molecule has 4 heteroatoms. The molecule has 2 aromatic heterocycles.